The second kappa shape index (κ2) is 8.31. The highest BCUT2D eigenvalue weighted by Gasteiger charge is 2.16. The number of rotatable bonds is 5. The number of aromatic hydroxyl groups is 3. The summed E-state index contributed by atoms with van der Waals surface area (Å²) in [7, 11) is 0. The number of phenolic OH excluding ortho intramolecular Hbond substituents is 3. The first-order chi connectivity index (χ1) is 13.8. The van der Waals surface area contributed by atoms with E-state index in [-0.39, 0.29) is 17.2 Å². The second-order valence-corrected chi connectivity index (χ2v) is 7.41. The quantitative estimate of drug-likeness (QED) is 0.460. The van der Waals surface area contributed by atoms with E-state index in [0.717, 1.165) is 27.8 Å². The molecule has 0 aromatic heterocycles. The van der Waals surface area contributed by atoms with Crippen molar-refractivity contribution in [3.8, 4) is 45.3 Å². The van der Waals surface area contributed by atoms with E-state index in [0.29, 0.717) is 23.5 Å². The van der Waals surface area contributed by atoms with Crippen molar-refractivity contribution in [3.05, 3.63) is 71.3 Å². The van der Waals surface area contributed by atoms with Crippen LogP contribution in [-0.2, 0) is 0 Å². The number of hydrogen-bond donors (Lipinski definition) is 3. The summed E-state index contributed by atoms with van der Waals surface area (Å²) in [6.45, 7) is 8.21. The maximum atomic E-state index is 10.9. The average molecular weight is 390 g/mol. The van der Waals surface area contributed by atoms with E-state index in [1.165, 1.54) is 0 Å². The van der Waals surface area contributed by atoms with Crippen LogP contribution in [0.5, 0.6) is 23.0 Å². The van der Waals surface area contributed by atoms with Gasteiger partial charge in [0.25, 0.3) is 0 Å². The highest BCUT2D eigenvalue weighted by atomic mass is 16.5. The lowest BCUT2D eigenvalue weighted by Gasteiger charge is -2.17. The molecule has 29 heavy (non-hydrogen) atoms. The Hall–Kier alpha value is -3.40. The maximum absolute atomic E-state index is 10.9. The van der Waals surface area contributed by atoms with Gasteiger partial charge in [0.05, 0.1) is 0 Å². The molecular weight excluding hydrogens is 364 g/mol. The summed E-state index contributed by atoms with van der Waals surface area (Å²) < 4.78 is 5.59. The smallest absolute Gasteiger partial charge is 0.161 e. The molecule has 3 aromatic rings. The molecule has 0 saturated heterocycles. The maximum Gasteiger partial charge on any atom is 0.161 e. The third-order valence-electron chi connectivity index (χ3n) is 4.90. The minimum absolute atomic E-state index is 0.0296. The van der Waals surface area contributed by atoms with Crippen LogP contribution in [0.1, 0.15) is 25.0 Å². The molecule has 0 saturated carbocycles. The molecule has 150 valence electrons. The Labute approximate surface area is 171 Å². The van der Waals surface area contributed by atoms with Crippen LogP contribution in [0.3, 0.4) is 0 Å². The van der Waals surface area contributed by atoms with Crippen LogP contribution in [-0.4, -0.2) is 21.9 Å². The Balaban J connectivity index is 1.98. The summed E-state index contributed by atoms with van der Waals surface area (Å²) in [6, 6.07) is 14.0. The van der Waals surface area contributed by atoms with E-state index in [1.807, 2.05) is 58.0 Å². The molecule has 0 radical (unpaired) electrons. The number of ether oxygens (including phenoxy) is 1. The average Bonchev–Trinajstić information content (AvgIpc) is 2.67. The largest absolute Gasteiger partial charge is 0.508 e. The minimum atomic E-state index is 0.0296. The third kappa shape index (κ3) is 4.37. The van der Waals surface area contributed by atoms with Crippen LogP contribution in [0.4, 0.5) is 0 Å². The van der Waals surface area contributed by atoms with Gasteiger partial charge in [-0.1, -0.05) is 23.8 Å². The zero-order chi connectivity index (χ0) is 21.1. The standard InChI is InChI=1S/C25H26O4/c1-15(2)11-12-29-23-10-7-19(14-22(23)27)21-13-16(3)24(17(4)25(21)28)18-5-8-20(26)9-6-18/h5-11,13-14,26-28H,12H2,1-4H3. The predicted molar refractivity (Wildman–Crippen MR) is 117 cm³/mol. The molecule has 0 aliphatic rings. The Morgan fingerprint density at radius 1 is 0.897 bits per heavy atom. The molecule has 4 nitrogen and oxygen atoms in total. The van der Waals surface area contributed by atoms with E-state index in [9.17, 15) is 15.3 Å². The fourth-order valence-corrected chi connectivity index (χ4v) is 3.37. The number of allylic oxidation sites excluding steroid dienone is 1. The summed E-state index contributed by atoms with van der Waals surface area (Å²) in [5.41, 5.74) is 6.08. The van der Waals surface area contributed by atoms with E-state index < -0.39 is 0 Å². The Morgan fingerprint density at radius 3 is 2.17 bits per heavy atom. The lowest BCUT2D eigenvalue weighted by molar-refractivity contribution is 0.335. The molecule has 0 amide bonds. The third-order valence-corrected chi connectivity index (χ3v) is 4.90. The first-order valence-corrected chi connectivity index (χ1v) is 9.50. The summed E-state index contributed by atoms with van der Waals surface area (Å²) in [5.74, 6) is 0.797. The lowest BCUT2D eigenvalue weighted by Crippen LogP contribution is -1.95. The normalized spacial score (nSPS) is 10.6. The fraction of sp³-hybridized carbons (Fsp3) is 0.200. The molecule has 0 aliphatic heterocycles. The molecule has 3 aromatic carbocycles. The molecule has 3 rings (SSSR count). The first kappa shape index (κ1) is 20.3. The number of benzene rings is 3. The summed E-state index contributed by atoms with van der Waals surface area (Å²) in [6.07, 6.45) is 1.94. The van der Waals surface area contributed by atoms with Crippen molar-refractivity contribution < 1.29 is 20.1 Å². The second-order valence-electron chi connectivity index (χ2n) is 7.41. The van der Waals surface area contributed by atoms with Crippen LogP contribution in [0, 0.1) is 13.8 Å². The Kier molecular flexibility index (Phi) is 5.83. The van der Waals surface area contributed by atoms with Crippen LogP contribution in [0.15, 0.2) is 60.2 Å². The first-order valence-electron chi connectivity index (χ1n) is 9.50. The number of phenols is 3. The van der Waals surface area contributed by atoms with Crippen LogP contribution >= 0.6 is 0 Å². The van der Waals surface area contributed by atoms with Gasteiger partial charge < -0.3 is 20.1 Å². The highest BCUT2D eigenvalue weighted by Crippen LogP contribution is 2.42. The van der Waals surface area contributed by atoms with Gasteiger partial charge in [0, 0.05) is 5.56 Å². The van der Waals surface area contributed by atoms with Crippen molar-refractivity contribution in [2.75, 3.05) is 6.61 Å². The fourth-order valence-electron chi connectivity index (χ4n) is 3.37. The minimum Gasteiger partial charge on any atom is -0.508 e. The van der Waals surface area contributed by atoms with Gasteiger partial charge in [0.2, 0.25) is 0 Å². The molecule has 0 heterocycles. The van der Waals surface area contributed by atoms with Crippen LogP contribution in [0.25, 0.3) is 22.3 Å². The van der Waals surface area contributed by atoms with Gasteiger partial charge in [-0.3, -0.25) is 0 Å². The van der Waals surface area contributed by atoms with Crippen molar-refractivity contribution in [3.63, 3.8) is 0 Å². The van der Waals surface area contributed by atoms with Gasteiger partial charge in [-0.25, -0.2) is 0 Å². The molecule has 3 N–H and O–H groups in total. The van der Waals surface area contributed by atoms with Gasteiger partial charge in [-0.05, 0) is 91.9 Å². The number of aryl methyl sites for hydroxylation is 1. The summed E-state index contributed by atoms with van der Waals surface area (Å²) in [5, 5.41) is 30.8. The molecular formula is C25H26O4. The Morgan fingerprint density at radius 2 is 1.55 bits per heavy atom. The molecule has 4 heteroatoms. The van der Waals surface area contributed by atoms with E-state index in [4.69, 9.17) is 4.74 Å². The molecule has 0 unspecified atom stereocenters. The van der Waals surface area contributed by atoms with E-state index >= 15 is 0 Å². The molecule has 0 atom stereocenters. The summed E-state index contributed by atoms with van der Waals surface area (Å²) >= 11 is 0. The van der Waals surface area contributed by atoms with E-state index in [1.54, 1.807) is 24.3 Å². The van der Waals surface area contributed by atoms with Crippen LogP contribution < -0.4 is 4.74 Å². The summed E-state index contributed by atoms with van der Waals surface area (Å²) in [4.78, 5) is 0. The predicted octanol–water partition coefficient (Wildman–Crippen LogP) is 6.10. The van der Waals surface area contributed by atoms with Gasteiger partial charge in [0.1, 0.15) is 18.1 Å². The lowest BCUT2D eigenvalue weighted by atomic mass is 9.90. The van der Waals surface area contributed by atoms with Crippen molar-refractivity contribution in [1.82, 2.24) is 0 Å². The van der Waals surface area contributed by atoms with Crippen molar-refractivity contribution in [1.29, 1.82) is 0 Å². The van der Waals surface area contributed by atoms with E-state index in [2.05, 4.69) is 0 Å². The zero-order valence-electron chi connectivity index (χ0n) is 17.2. The van der Waals surface area contributed by atoms with Gasteiger partial charge in [-0.15, -0.1) is 0 Å². The van der Waals surface area contributed by atoms with Crippen molar-refractivity contribution in [2.45, 2.75) is 27.7 Å². The molecule has 0 spiro atoms. The van der Waals surface area contributed by atoms with Crippen molar-refractivity contribution in [2.24, 2.45) is 0 Å². The molecule has 0 bridgehead atoms. The highest BCUT2D eigenvalue weighted by molar-refractivity contribution is 5.83. The zero-order valence-corrected chi connectivity index (χ0v) is 17.2. The topological polar surface area (TPSA) is 69.9 Å². The van der Waals surface area contributed by atoms with Crippen LogP contribution in [0.2, 0.25) is 0 Å². The van der Waals surface area contributed by atoms with Gasteiger partial charge in [-0.2, -0.15) is 0 Å². The molecule has 0 fully saturated rings. The van der Waals surface area contributed by atoms with Gasteiger partial charge in [0.15, 0.2) is 11.5 Å². The SMILES string of the molecule is CC(C)=CCOc1ccc(-c2cc(C)c(-c3ccc(O)cc3)c(C)c2O)cc1O. The molecule has 0 aliphatic carbocycles. The number of hydrogen-bond acceptors (Lipinski definition) is 4. The Bertz CT molecular complexity index is 1060. The van der Waals surface area contributed by atoms with Crippen molar-refractivity contribution >= 4 is 0 Å². The van der Waals surface area contributed by atoms with Gasteiger partial charge >= 0.3 is 0 Å². The monoisotopic (exact) mass is 390 g/mol.